The van der Waals surface area contributed by atoms with E-state index in [1.807, 2.05) is 32.9 Å². The fourth-order valence-electron chi connectivity index (χ4n) is 2.57. The van der Waals surface area contributed by atoms with Gasteiger partial charge in [0, 0.05) is 13.1 Å². The average Bonchev–Trinajstić information content (AvgIpc) is 3.16. The predicted octanol–water partition coefficient (Wildman–Crippen LogP) is 3.07. The van der Waals surface area contributed by atoms with Crippen molar-refractivity contribution in [1.29, 1.82) is 0 Å². The summed E-state index contributed by atoms with van der Waals surface area (Å²) in [4.78, 5) is 4.48. The Bertz CT molecular complexity index is 692. The summed E-state index contributed by atoms with van der Waals surface area (Å²) in [6.45, 7) is 9.42. The van der Waals surface area contributed by atoms with Crippen LogP contribution in [0.1, 0.15) is 39.0 Å². The highest BCUT2D eigenvalue weighted by Crippen LogP contribution is 2.21. The van der Waals surface area contributed by atoms with Gasteiger partial charge in [-0.1, -0.05) is 12.1 Å². The lowest BCUT2D eigenvalue weighted by molar-refractivity contribution is 0.0437. The minimum absolute atomic E-state index is 0.176. The number of aliphatic imine (C=N–C) groups is 1. The lowest BCUT2D eigenvalue weighted by atomic mass is 10.0. The smallest absolute Gasteiger partial charge is 0.191 e. The van der Waals surface area contributed by atoms with Crippen molar-refractivity contribution < 1.29 is 14.3 Å². The van der Waals surface area contributed by atoms with E-state index in [2.05, 4.69) is 27.8 Å². The largest absolute Gasteiger partial charge is 0.491 e. The molecular weight excluding hydrogens is 342 g/mol. The number of nitrogens with zero attached hydrogens (tertiary/aromatic N) is 1. The molecule has 2 rings (SSSR count). The molecule has 3 N–H and O–H groups in total. The zero-order valence-electron chi connectivity index (χ0n) is 16.7. The van der Waals surface area contributed by atoms with Gasteiger partial charge < -0.3 is 24.9 Å². The zero-order chi connectivity index (χ0) is 19.7. The van der Waals surface area contributed by atoms with Crippen LogP contribution in [0.5, 0.6) is 5.75 Å². The Labute approximate surface area is 161 Å². The minimum atomic E-state index is -1.14. The summed E-state index contributed by atoms with van der Waals surface area (Å²) < 4.78 is 11.0. The summed E-state index contributed by atoms with van der Waals surface area (Å²) in [5.74, 6) is 2.06. The number of benzene rings is 1. The van der Waals surface area contributed by atoms with E-state index >= 15 is 0 Å². The molecule has 0 aliphatic rings. The molecular formula is C21H31N3O3. The van der Waals surface area contributed by atoms with E-state index in [1.165, 1.54) is 5.56 Å². The summed E-state index contributed by atoms with van der Waals surface area (Å²) >= 11 is 0. The quantitative estimate of drug-likeness (QED) is 0.465. The number of hydrogen-bond donors (Lipinski definition) is 3. The standard InChI is InChI=1S/C21H31N3O3/c1-5-22-20(24-15-21(4,25)19-7-6-14-26-19)23-13-12-17-8-10-18(11-9-17)27-16(2)3/h6-11,14,16,25H,5,12-13,15H2,1-4H3,(H2,22,23,24). The van der Waals surface area contributed by atoms with E-state index in [0.717, 1.165) is 25.3 Å². The van der Waals surface area contributed by atoms with E-state index in [4.69, 9.17) is 9.15 Å². The first-order chi connectivity index (χ1) is 12.9. The van der Waals surface area contributed by atoms with Gasteiger partial charge in [-0.25, -0.2) is 4.99 Å². The van der Waals surface area contributed by atoms with Crippen LogP contribution < -0.4 is 15.4 Å². The molecule has 0 bridgehead atoms. The second-order valence-electron chi connectivity index (χ2n) is 6.93. The van der Waals surface area contributed by atoms with Crippen LogP contribution in [-0.4, -0.2) is 36.8 Å². The Morgan fingerprint density at radius 2 is 1.96 bits per heavy atom. The van der Waals surface area contributed by atoms with Crippen molar-refractivity contribution in [1.82, 2.24) is 10.6 Å². The third-order valence-electron chi connectivity index (χ3n) is 3.94. The molecule has 148 valence electrons. The second-order valence-corrected chi connectivity index (χ2v) is 6.93. The fraction of sp³-hybridized carbons (Fsp3) is 0.476. The number of rotatable bonds is 9. The zero-order valence-corrected chi connectivity index (χ0v) is 16.7. The van der Waals surface area contributed by atoms with Gasteiger partial charge in [-0.3, -0.25) is 0 Å². The first kappa shape index (κ1) is 20.8. The van der Waals surface area contributed by atoms with Crippen LogP contribution in [0, 0.1) is 0 Å². The third kappa shape index (κ3) is 6.98. The molecule has 27 heavy (non-hydrogen) atoms. The maximum atomic E-state index is 10.5. The van der Waals surface area contributed by atoms with E-state index in [9.17, 15) is 5.11 Å². The van der Waals surface area contributed by atoms with Gasteiger partial charge >= 0.3 is 0 Å². The van der Waals surface area contributed by atoms with Crippen molar-refractivity contribution in [2.24, 2.45) is 4.99 Å². The minimum Gasteiger partial charge on any atom is -0.491 e. The van der Waals surface area contributed by atoms with Gasteiger partial charge in [-0.2, -0.15) is 0 Å². The SMILES string of the molecule is CCNC(=NCC(C)(O)c1ccco1)NCCc1ccc(OC(C)C)cc1. The van der Waals surface area contributed by atoms with Crippen molar-refractivity contribution in [3.8, 4) is 5.75 Å². The molecule has 0 saturated carbocycles. The van der Waals surface area contributed by atoms with Crippen molar-refractivity contribution in [3.63, 3.8) is 0 Å². The molecule has 0 fully saturated rings. The molecule has 6 heteroatoms. The molecule has 2 aromatic rings. The molecule has 0 spiro atoms. The highest BCUT2D eigenvalue weighted by molar-refractivity contribution is 5.79. The van der Waals surface area contributed by atoms with Crippen molar-refractivity contribution >= 4 is 5.96 Å². The third-order valence-corrected chi connectivity index (χ3v) is 3.94. The molecule has 0 amide bonds. The van der Waals surface area contributed by atoms with Gasteiger partial charge in [0.05, 0.1) is 18.9 Å². The molecule has 1 unspecified atom stereocenters. The van der Waals surface area contributed by atoms with Gasteiger partial charge in [-0.05, 0) is 63.9 Å². The van der Waals surface area contributed by atoms with Crippen molar-refractivity contribution in [2.75, 3.05) is 19.6 Å². The van der Waals surface area contributed by atoms with Crippen molar-refractivity contribution in [3.05, 3.63) is 54.0 Å². The maximum Gasteiger partial charge on any atom is 0.191 e. The molecule has 0 saturated heterocycles. The Kier molecular flexibility index (Phi) is 7.73. The number of ether oxygens (including phenoxy) is 1. The summed E-state index contributed by atoms with van der Waals surface area (Å²) in [7, 11) is 0. The molecule has 0 radical (unpaired) electrons. The molecule has 0 aliphatic heterocycles. The Balaban J connectivity index is 1.86. The van der Waals surface area contributed by atoms with Gasteiger partial charge in [0.1, 0.15) is 17.1 Å². The molecule has 1 atom stereocenters. The van der Waals surface area contributed by atoms with Gasteiger partial charge in [0.25, 0.3) is 0 Å². The van der Waals surface area contributed by atoms with Crippen molar-refractivity contribution in [2.45, 2.75) is 45.8 Å². The summed E-state index contributed by atoms with van der Waals surface area (Å²) in [6, 6.07) is 11.7. The fourth-order valence-corrected chi connectivity index (χ4v) is 2.57. The van der Waals surface area contributed by atoms with Crippen LogP contribution in [0.2, 0.25) is 0 Å². The lowest BCUT2D eigenvalue weighted by Crippen LogP contribution is -2.39. The monoisotopic (exact) mass is 373 g/mol. The van der Waals surface area contributed by atoms with Crippen LogP contribution in [0.15, 0.2) is 52.1 Å². The normalized spacial score (nSPS) is 14.1. The topological polar surface area (TPSA) is 79.0 Å². The van der Waals surface area contributed by atoms with Crippen LogP contribution in [0.3, 0.4) is 0 Å². The molecule has 1 heterocycles. The molecule has 0 aliphatic carbocycles. The molecule has 1 aromatic carbocycles. The first-order valence-corrected chi connectivity index (χ1v) is 9.45. The lowest BCUT2D eigenvalue weighted by Gasteiger charge is -2.19. The van der Waals surface area contributed by atoms with Gasteiger partial charge in [0.15, 0.2) is 5.96 Å². The number of aliphatic hydroxyl groups is 1. The maximum absolute atomic E-state index is 10.5. The highest BCUT2D eigenvalue weighted by Gasteiger charge is 2.26. The van der Waals surface area contributed by atoms with Crippen LogP contribution >= 0.6 is 0 Å². The number of furan rings is 1. The van der Waals surface area contributed by atoms with Crippen LogP contribution in [0.25, 0.3) is 0 Å². The number of guanidine groups is 1. The highest BCUT2D eigenvalue weighted by atomic mass is 16.5. The van der Waals surface area contributed by atoms with Gasteiger partial charge in [0.2, 0.25) is 0 Å². The average molecular weight is 373 g/mol. The van der Waals surface area contributed by atoms with E-state index in [0.29, 0.717) is 11.7 Å². The van der Waals surface area contributed by atoms with E-state index < -0.39 is 5.60 Å². The number of nitrogens with one attached hydrogen (secondary N) is 2. The van der Waals surface area contributed by atoms with Gasteiger partial charge in [-0.15, -0.1) is 0 Å². The molecule has 6 nitrogen and oxygen atoms in total. The Hall–Kier alpha value is -2.47. The Morgan fingerprint density at radius 3 is 2.56 bits per heavy atom. The summed E-state index contributed by atoms with van der Waals surface area (Å²) in [5.41, 5.74) is 0.0787. The predicted molar refractivity (Wildman–Crippen MR) is 108 cm³/mol. The van der Waals surface area contributed by atoms with Crippen LogP contribution in [0.4, 0.5) is 0 Å². The number of hydrogen-bond acceptors (Lipinski definition) is 4. The van der Waals surface area contributed by atoms with Crippen LogP contribution in [-0.2, 0) is 12.0 Å². The van der Waals surface area contributed by atoms with E-state index in [1.54, 1.807) is 25.3 Å². The first-order valence-electron chi connectivity index (χ1n) is 9.45. The Morgan fingerprint density at radius 1 is 1.22 bits per heavy atom. The van der Waals surface area contributed by atoms with E-state index in [-0.39, 0.29) is 12.6 Å². The second kappa shape index (κ2) is 10.0. The molecule has 1 aromatic heterocycles. The summed E-state index contributed by atoms with van der Waals surface area (Å²) in [6.07, 6.45) is 2.59. The summed E-state index contributed by atoms with van der Waals surface area (Å²) in [5, 5.41) is 17.0.